The third-order valence-corrected chi connectivity index (χ3v) is 2.05. The molecule has 14 heavy (non-hydrogen) atoms. The minimum absolute atomic E-state index is 0.272. The molecular weight excluding hydrogens is 178 g/mol. The third-order valence-electron chi connectivity index (χ3n) is 2.05. The second kappa shape index (κ2) is 4.77. The van der Waals surface area contributed by atoms with E-state index in [4.69, 9.17) is 10.1 Å². The number of aryl methyl sites for hydroxylation is 1. The SMILES string of the molecule is CCOC(C=N)c1ccc(O)c(C)c1. The Hall–Kier alpha value is -1.35. The lowest BCUT2D eigenvalue weighted by Gasteiger charge is -2.12. The van der Waals surface area contributed by atoms with Crippen LogP contribution in [-0.4, -0.2) is 17.9 Å². The van der Waals surface area contributed by atoms with E-state index in [1.165, 1.54) is 6.21 Å². The van der Waals surface area contributed by atoms with E-state index in [9.17, 15) is 5.11 Å². The predicted octanol–water partition coefficient (Wildman–Crippen LogP) is 2.43. The summed E-state index contributed by atoms with van der Waals surface area (Å²) in [5, 5.41) is 16.5. The molecule has 0 fully saturated rings. The molecule has 76 valence electrons. The van der Waals surface area contributed by atoms with Crippen LogP contribution in [0, 0.1) is 12.3 Å². The van der Waals surface area contributed by atoms with Gasteiger partial charge in [-0.15, -0.1) is 0 Å². The molecule has 3 nitrogen and oxygen atoms in total. The van der Waals surface area contributed by atoms with Gasteiger partial charge in [0.2, 0.25) is 0 Å². The number of rotatable bonds is 4. The Labute approximate surface area is 83.8 Å². The molecule has 3 heteroatoms. The van der Waals surface area contributed by atoms with Crippen LogP contribution in [0.25, 0.3) is 0 Å². The molecule has 0 radical (unpaired) electrons. The molecule has 0 heterocycles. The lowest BCUT2D eigenvalue weighted by molar-refractivity contribution is 0.113. The van der Waals surface area contributed by atoms with Crippen molar-refractivity contribution in [3.63, 3.8) is 0 Å². The summed E-state index contributed by atoms with van der Waals surface area (Å²) in [7, 11) is 0. The standard InChI is InChI=1S/C11H15NO2/c1-3-14-11(7-12)9-4-5-10(13)8(2)6-9/h4-7,11-13H,3H2,1-2H3. The van der Waals surface area contributed by atoms with Crippen LogP contribution in [0.3, 0.4) is 0 Å². The smallest absolute Gasteiger partial charge is 0.118 e. The van der Waals surface area contributed by atoms with Gasteiger partial charge in [0.1, 0.15) is 11.9 Å². The fourth-order valence-corrected chi connectivity index (χ4v) is 1.28. The highest BCUT2D eigenvalue weighted by molar-refractivity contribution is 5.63. The molecule has 0 saturated heterocycles. The molecule has 1 unspecified atom stereocenters. The third kappa shape index (κ3) is 2.33. The second-order valence-corrected chi connectivity index (χ2v) is 3.09. The quantitative estimate of drug-likeness (QED) is 0.721. The van der Waals surface area contributed by atoms with Crippen molar-refractivity contribution >= 4 is 6.21 Å². The normalized spacial score (nSPS) is 12.4. The molecule has 1 aromatic rings. The van der Waals surface area contributed by atoms with Gasteiger partial charge in [0, 0.05) is 12.8 Å². The molecule has 1 rings (SSSR count). The van der Waals surface area contributed by atoms with Crippen molar-refractivity contribution < 1.29 is 9.84 Å². The monoisotopic (exact) mass is 193 g/mol. The van der Waals surface area contributed by atoms with Crippen molar-refractivity contribution in [3.05, 3.63) is 29.3 Å². The van der Waals surface area contributed by atoms with E-state index in [1.807, 2.05) is 19.9 Å². The van der Waals surface area contributed by atoms with Crippen LogP contribution in [-0.2, 0) is 4.74 Å². The zero-order valence-electron chi connectivity index (χ0n) is 8.45. The highest BCUT2D eigenvalue weighted by Crippen LogP contribution is 2.22. The van der Waals surface area contributed by atoms with E-state index < -0.39 is 0 Å². The van der Waals surface area contributed by atoms with Crippen LogP contribution < -0.4 is 0 Å². The number of hydrogen-bond donors (Lipinski definition) is 2. The molecule has 2 N–H and O–H groups in total. The Morgan fingerprint density at radius 2 is 2.29 bits per heavy atom. The van der Waals surface area contributed by atoms with Gasteiger partial charge in [-0.2, -0.15) is 0 Å². The summed E-state index contributed by atoms with van der Waals surface area (Å²) in [5.74, 6) is 0.272. The molecule has 0 aliphatic rings. The van der Waals surface area contributed by atoms with Crippen molar-refractivity contribution in [2.24, 2.45) is 0 Å². The number of hydrogen-bond acceptors (Lipinski definition) is 3. The van der Waals surface area contributed by atoms with Crippen molar-refractivity contribution in [1.82, 2.24) is 0 Å². The predicted molar refractivity (Wildman–Crippen MR) is 56.0 cm³/mol. The Morgan fingerprint density at radius 3 is 2.79 bits per heavy atom. The Kier molecular flexibility index (Phi) is 3.65. The van der Waals surface area contributed by atoms with E-state index in [0.29, 0.717) is 6.61 Å². The first-order valence-electron chi connectivity index (χ1n) is 4.60. The van der Waals surface area contributed by atoms with Crippen molar-refractivity contribution in [2.75, 3.05) is 6.61 Å². The summed E-state index contributed by atoms with van der Waals surface area (Å²) in [5.41, 5.74) is 1.70. The average molecular weight is 193 g/mol. The molecule has 0 spiro atoms. The largest absolute Gasteiger partial charge is 0.508 e. The van der Waals surface area contributed by atoms with E-state index >= 15 is 0 Å². The summed E-state index contributed by atoms with van der Waals surface area (Å²) >= 11 is 0. The highest BCUT2D eigenvalue weighted by atomic mass is 16.5. The summed E-state index contributed by atoms with van der Waals surface area (Å²) in [6.45, 7) is 4.29. The number of phenolic OH excluding ortho intramolecular Hbond substituents is 1. The van der Waals surface area contributed by atoms with Crippen LogP contribution >= 0.6 is 0 Å². The fourth-order valence-electron chi connectivity index (χ4n) is 1.28. The van der Waals surface area contributed by atoms with Gasteiger partial charge < -0.3 is 15.3 Å². The van der Waals surface area contributed by atoms with Gasteiger partial charge >= 0.3 is 0 Å². The lowest BCUT2D eigenvalue weighted by atomic mass is 10.1. The summed E-state index contributed by atoms with van der Waals surface area (Å²) in [6.07, 6.45) is 0.953. The fraction of sp³-hybridized carbons (Fsp3) is 0.364. The van der Waals surface area contributed by atoms with Gasteiger partial charge in [-0.25, -0.2) is 0 Å². The molecule has 0 amide bonds. The van der Waals surface area contributed by atoms with Crippen LogP contribution in [0.2, 0.25) is 0 Å². The number of aromatic hydroxyl groups is 1. The summed E-state index contributed by atoms with van der Waals surface area (Å²) in [6, 6.07) is 5.23. The molecule has 1 aromatic carbocycles. The minimum atomic E-state index is -0.306. The Bertz CT molecular complexity index is 323. The van der Waals surface area contributed by atoms with Crippen LogP contribution in [0.4, 0.5) is 0 Å². The van der Waals surface area contributed by atoms with Gasteiger partial charge in [0.05, 0.1) is 0 Å². The Balaban J connectivity index is 2.93. The number of phenols is 1. The van der Waals surface area contributed by atoms with Gasteiger partial charge in [0.25, 0.3) is 0 Å². The molecule has 0 bridgehead atoms. The van der Waals surface area contributed by atoms with Crippen LogP contribution in [0.1, 0.15) is 24.2 Å². The van der Waals surface area contributed by atoms with Crippen molar-refractivity contribution in [1.29, 1.82) is 5.41 Å². The number of nitrogens with one attached hydrogen (secondary N) is 1. The van der Waals surface area contributed by atoms with Gasteiger partial charge in [-0.3, -0.25) is 0 Å². The van der Waals surface area contributed by atoms with Gasteiger partial charge in [-0.05, 0) is 37.1 Å². The second-order valence-electron chi connectivity index (χ2n) is 3.09. The average Bonchev–Trinajstić information content (AvgIpc) is 2.19. The first-order valence-corrected chi connectivity index (χ1v) is 4.60. The maximum atomic E-state index is 9.33. The molecule has 0 aliphatic heterocycles. The summed E-state index contributed by atoms with van der Waals surface area (Å²) < 4.78 is 5.35. The zero-order valence-corrected chi connectivity index (χ0v) is 8.45. The van der Waals surface area contributed by atoms with Crippen LogP contribution in [0.5, 0.6) is 5.75 Å². The van der Waals surface area contributed by atoms with Crippen LogP contribution in [0.15, 0.2) is 18.2 Å². The van der Waals surface area contributed by atoms with E-state index in [2.05, 4.69) is 0 Å². The van der Waals surface area contributed by atoms with Gasteiger partial charge in [0.15, 0.2) is 0 Å². The van der Waals surface area contributed by atoms with E-state index in [1.54, 1.807) is 12.1 Å². The van der Waals surface area contributed by atoms with Crippen molar-refractivity contribution in [2.45, 2.75) is 20.0 Å². The molecule has 0 saturated carbocycles. The lowest BCUT2D eigenvalue weighted by Crippen LogP contribution is -2.05. The van der Waals surface area contributed by atoms with E-state index in [-0.39, 0.29) is 11.9 Å². The molecule has 0 aromatic heterocycles. The number of benzene rings is 1. The molecule has 0 aliphatic carbocycles. The summed E-state index contributed by atoms with van der Waals surface area (Å²) in [4.78, 5) is 0. The first kappa shape index (κ1) is 10.7. The maximum absolute atomic E-state index is 9.33. The molecule has 1 atom stereocenters. The molecular formula is C11H15NO2. The maximum Gasteiger partial charge on any atom is 0.118 e. The van der Waals surface area contributed by atoms with Gasteiger partial charge in [-0.1, -0.05) is 6.07 Å². The zero-order chi connectivity index (χ0) is 10.6. The Morgan fingerprint density at radius 1 is 1.57 bits per heavy atom. The van der Waals surface area contributed by atoms with Crippen molar-refractivity contribution in [3.8, 4) is 5.75 Å². The topological polar surface area (TPSA) is 53.3 Å². The first-order chi connectivity index (χ1) is 6.69. The highest BCUT2D eigenvalue weighted by Gasteiger charge is 2.08. The number of ether oxygens (including phenoxy) is 1. The minimum Gasteiger partial charge on any atom is -0.508 e. The van der Waals surface area contributed by atoms with E-state index in [0.717, 1.165) is 11.1 Å².